The van der Waals surface area contributed by atoms with Crippen LogP contribution in [0.2, 0.25) is 15.1 Å². The molecule has 1 heterocycles. The smallest absolute Gasteiger partial charge is 0.338 e. The van der Waals surface area contributed by atoms with Gasteiger partial charge in [-0.3, -0.25) is 9.10 Å². The molecular formula is C22H18Cl3N3O5S. The minimum Gasteiger partial charge on any atom is -0.452 e. The van der Waals surface area contributed by atoms with Gasteiger partial charge in [-0.2, -0.15) is 0 Å². The molecule has 2 aromatic carbocycles. The molecule has 12 heteroatoms. The molecule has 8 nitrogen and oxygen atoms in total. The molecule has 0 aliphatic rings. The van der Waals surface area contributed by atoms with Gasteiger partial charge in [0, 0.05) is 18.3 Å². The molecule has 1 aromatic heterocycles. The van der Waals surface area contributed by atoms with Gasteiger partial charge in [0.15, 0.2) is 12.4 Å². The van der Waals surface area contributed by atoms with Gasteiger partial charge in [0.25, 0.3) is 15.9 Å². The lowest BCUT2D eigenvalue weighted by molar-refractivity contribution is -0.119. The molecule has 0 saturated carbocycles. The number of sulfonamides is 1. The first-order valence-electron chi connectivity index (χ1n) is 9.63. The number of hydrogen-bond donors (Lipinski definition) is 1. The van der Waals surface area contributed by atoms with Crippen LogP contribution in [0.5, 0.6) is 0 Å². The fraction of sp³-hybridized carbons (Fsp3) is 0.136. The van der Waals surface area contributed by atoms with Crippen molar-refractivity contribution in [3.63, 3.8) is 0 Å². The number of aromatic nitrogens is 1. The number of carbonyl (C=O) groups excluding carboxylic acids is 2. The molecule has 1 N–H and O–H groups in total. The lowest BCUT2D eigenvalue weighted by Crippen LogP contribution is -2.27. The lowest BCUT2D eigenvalue weighted by Gasteiger charge is -2.20. The zero-order valence-corrected chi connectivity index (χ0v) is 21.0. The molecule has 0 saturated heterocycles. The van der Waals surface area contributed by atoms with Crippen LogP contribution >= 0.6 is 34.8 Å². The Morgan fingerprint density at radius 1 is 1.09 bits per heavy atom. The topological polar surface area (TPSA) is 106 Å². The lowest BCUT2D eigenvalue weighted by atomic mass is 10.2. The molecule has 0 aliphatic carbocycles. The highest BCUT2D eigenvalue weighted by molar-refractivity contribution is 7.92. The molecule has 1 amide bonds. The number of anilines is 2. The molecule has 3 rings (SSSR count). The number of amides is 1. The Morgan fingerprint density at radius 2 is 1.79 bits per heavy atom. The van der Waals surface area contributed by atoms with Crippen molar-refractivity contribution in [2.24, 2.45) is 0 Å². The van der Waals surface area contributed by atoms with E-state index >= 15 is 0 Å². The van der Waals surface area contributed by atoms with Gasteiger partial charge in [-0.05, 0) is 48.9 Å². The summed E-state index contributed by atoms with van der Waals surface area (Å²) in [6.07, 6.45) is 1.33. The van der Waals surface area contributed by atoms with Gasteiger partial charge in [-0.25, -0.2) is 18.2 Å². The summed E-state index contributed by atoms with van der Waals surface area (Å²) in [4.78, 5) is 28.4. The molecule has 3 aromatic rings. The van der Waals surface area contributed by atoms with Crippen LogP contribution in [0, 0.1) is 6.92 Å². The van der Waals surface area contributed by atoms with Crippen LogP contribution in [-0.4, -0.2) is 38.9 Å². The van der Waals surface area contributed by atoms with E-state index in [1.807, 2.05) is 0 Å². The minimum absolute atomic E-state index is 0.0492. The molecule has 0 aliphatic heterocycles. The number of nitrogens with one attached hydrogen (secondary N) is 1. The highest BCUT2D eigenvalue weighted by atomic mass is 35.5. The van der Waals surface area contributed by atoms with Gasteiger partial charge < -0.3 is 10.1 Å². The van der Waals surface area contributed by atoms with Crippen molar-refractivity contribution in [1.29, 1.82) is 0 Å². The molecule has 0 bridgehead atoms. The zero-order chi connectivity index (χ0) is 25.0. The van der Waals surface area contributed by atoms with Crippen molar-refractivity contribution in [2.75, 3.05) is 23.3 Å². The van der Waals surface area contributed by atoms with Gasteiger partial charge in [0.1, 0.15) is 0 Å². The number of esters is 1. The SMILES string of the molecule is Cc1c(Cl)cnc(NC(=O)COC(=O)c2cccc(S(=O)(=O)N(C)c3cccc(Cl)c3)c2)c1Cl. The number of carbonyl (C=O) groups is 2. The molecule has 0 radical (unpaired) electrons. The molecule has 0 spiro atoms. The van der Waals surface area contributed by atoms with Gasteiger partial charge in [-0.1, -0.05) is 46.9 Å². The number of benzene rings is 2. The van der Waals surface area contributed by atoms with E-state index in [1.54, 1.807) is 25.1 Å². The van der Waals surface area contributed by atoms with Gasteiger partial charge in [0.2, 0.25) is 0 Å². The monoisotopic (exact) mass is 541 g/mol. The maximum absolute atomic E-state index is 13.0. The molecule has 0 fully saturated rings. The van der Waals surface area contributed by atoms with Crippen LogP contribution < -0.4 is 9.62 Å². The van der Waals surface area contributed by atoms with E-state index in [9.17, 15) is 18.0 Å². The molecule has 0 unspecified atom stereocenters. The average Bonchev–Trinajstić information content (AvgIpc) is 2.82. The third-order valence-corrected chi connectivity index (χ3v) is 7.55. The Kier molecular flexibility index (Phi) is 8.04. The second-order valence-corrected chi connectivity index (χ2v) is 10.2. The summed E-state index contributed by atoms with van der Waals surface area (Å²) in [5.41, 5.74) is 0.833. The van der Waals surface area contributed by atoms with E-state index < -0.39 is 28.5 Å². The highest BCUT2D eigenvalue weighted by Crippen LogP contribution is 2.28. The Labute approximate surface area is 211 Å². The van der Waals surface area contributed by atoms with Crippen LogP contribution in [0.25, 0.3) is 0 Å². The maximum Gasteiger partial charge on any atom is 0.338 e. The third-order valence-electron chi connectivity index (χ3n) is 4.69. The maximum atomic E-state index is 13.0. The number of rotatable bonds is 7. The summed E-state index contributed by atoms with van der Waals surface area (Å²) in [6, 6.07) is 11.6. The van der Waals surface area contributed by atoms with E-state index in [4.69, 9.17) is 39.5 Å². The Balaban J connectivity index is 1.70. The predicted octanol–water partition coefficient (Wildman–Crippen LogP) is 4.97. The van der Waals surface area contributed by atoms with Crippen molar-refractivity contribution in [2.45, 2.75) is 11.8 Å². The van der Waals surface area contributed by atoms with Crippen LogP contribution in [0.15, 0.2) is 59.6 Å². The minimum atomic E-state index is -4.00. The highest BCUT2D eigenvalue weighted by Gasteiger charge is 2.23. The predicted molar refractivity (Wildman–Crippen MR) is 131 cm³/mol. The van der Waals surface area contributed by atoms with Crippen molar-refractivity contribution in [3.05, 3.63) is 80.9 Å². The second kappa shape index (κ2) is 10.6. The number of nitrogens with zero attached hydrogens (tertiary/aromatic N) is 2. The van der Waals surface area contributed by atoms with Crippen molar-refractivity contribution < 1.29 is 22.7 Å². The zero-order valence-electron chi connectivity index (χ0n) is 17.9. The standard InChI is InChI=1S/C22H18Cl3N3O5S/c1-13-18(24)11-26-21(20(13)25)27-19(29)12-33-22(30)14-5-3-8-17(9-14)34(31,32)28(2)16-7-4-6-15(23)10-16/h3-11H,12H2,1-2H3,(H,26,27,29). The van der Waals surface area contributed by atoms with Crippen molar-refractivity contribution >= 4 is 68.2 Å². The van der Waals surface area contributed by atoms with E-state index in [0.29, 0.717) is 21.3 Å². The van der Waals surface area contributed by atoms with E-state index in [1.165, 1.54) is 37.5 Å². The summed E-state index contributed by atoms with van der Waals surface area (Å²) in [7, 11) is -2.63. The van der Waals surface area contributed by atoms with Gasteiger partial charge >= 0.3 is 5.97 Å². The summed E-state index contributed by atoms with van der Waals surface area (Å²) < 4.78 is 32.1. The Bertz CT molecular complexity index is 1370. The van der Waals surface area contributed by atoms with Crippen molar-refractivity contribution in [1.82, 2.24) is 4.98 Å². The largest absolute Gasteiger partial charge is 0.452 e. The fourth-order valence-electron chi connectivity index (χ4n) is 2.78. The van der Waals surface area contributed by atoms with Crippen LogP contribution in [-0.2, 0) is 19.6 Å². The van der Waals surface area contributed by atoms with Crippen LogP contribution in [0.3, 0.4) is 0 Å². The number of halogens is 3. The first-order chi connectivity index (χ1) is 16.0. The molecule has 178 valence electrons. The quantitative estimate of drug-likeness (QED) is 0.423. The summed E-state index contributed by atoms with van der Waals surface area (Å²) >= 11 is 18.0. The van der Waals surface area contributed by atoms with Crippen molar-refractivity contribution in [3.8, 4) is 0 Å². The Hall–Kier alpha value is -2.85. The third kappa shape index (κ3) is 5.79. The Morgan fingerprint density at radius 3 is 2.50 bits per heavy atom. The van der Waals surface area contributed by atoms with Crippen LogP contribution in [0.4, 0.5) is 11.5 Å². The normalized spacial score (nSPS) is 11.1. The van der Waals surface area contributed by atoms with E-state index in [-0.39, 0.29) is 21.3 Å². The number of pyridine rings is 1. The second-order valence-electron chi connectivity index (χ2n) is 7.00. The molecular weight excluding hydrogens is 525 g/mol. The first kappa shape index (κ1) is 25.8. The summed E-state index contributed by atoms with van der Waals surface area (Å²) in [5.74, 6) is -1.50. The van der Waals surface area contributed by atoms with Crippen LogP contribution in [0.1, 0.15) is 15.9 Å². The molecule has 34 heavy (non-hydrogen) atoms. The number of ether oxygens (including phenoxy) is 1. The average molecular weight is 543 g/mol. The fourth-order valence-corrected chi connectivity index (χ4v) is 4.59. The van der Waals surface area contributed by atoms with E-state index in [2.05, 4.69) is 10.3 Å². The first-order valence-corrected chi connectivity index (χ1v) is 12.2. The number of hydrogen-bond acceptors (Lipinski definition) is 6. The summed E-state index contributed by atoms with van der Waals surface area (Å²) in [5, 5.41) is 3.30. The van der Waals surface area contributed by atoms with Gasteiger partial charge in [-0.15, -0.1) is 0 Å². The molecule has 0 atom stereocenters. The van der Waals surface area contributed by atoms with E-state index in [0.717, 1.165) is 10.4 Å². The van der Waals surface area contributed by atoms with Gasteiger partial charge in [0.05, 0.1) is 26.2 Å². The summed E-state index contributed by atoms with van der Waals surface area (Å²) in [6.45, 7) is 1.02.